The zero-order valence-corrected chi connectivity index (χ0v) is 15.1. The van der Waals surface area contributed by atoms with Gasteiger partial charge in [-0.1, -0.05) is 11.6 Å². The van der Waals surface area contributed by atoms with Gasteiger partial charge in [-0.15, -0.1) is 5.10 Å². The number of rotatable bonds is 7. The zero-order valence-electron chi connectivity index (χ0n) is 13.5. The van der Waals surface area contributed by atoms with Crippen LogP contribution in [0.15, 0.2) is 53.7 Å². The fraction of sp³-hybridized carbons (Fsp3) is 0.0667. The van der Waals surface area contributed by atoms with Gasteiger partial charge in [0.1, 0.15) is 12.1 Å². The number of sulfonamides is 1. The molecule has 2 aromatic carbocycles. The van der Waals surface area contributed by atoms with E-state index in [9.17, 15) is 13.2 Å². The second-order valence-corrected chi connectivity index (χ2v) is 7.27. The minimum Gasteiger partial charge on any atom is -0.480 e. The van der Waals surface area contributed by atoms with Gasteiger partial charge in [0.25, 0.3) is 10.0 Å². The lowest BCUT2D eigenvalue weighted by Gasteiger charge is -2.11. The third-order valence-corrected chi connectivity index (χ3v) is 4.97. The Labute approximate surface area is 158 Å². The van der Waals surface area contributed by atoms with E-state index in [4.69, 9.17) is 21.4 Å². The lowest BCUT2D eigenvalue weighted by Crippen LogP contribution is -2.13. The van der Waals surface area contributed by atoms with Crippen molar-refractivity contribution < 1.29 is 23.1 Å². The number of ether oxygens (including phenoxy) is 1. The lowest BCUT2D eigenvalue weighted by molar-refractivity contribution is -0.139. The van der Waals surface area contributed by atoms with Gasteiger partial charge in [0.15, 0.2) is 6.61 Å². The van der Waals surface area contributed by atoms with Gasteiger partial charge < -0.3 is 9.84 Å². The van der Waals surface area contributed by atoms with Crippen LogP contribution >= 0.6 is 11.6 Å². The van der Waals surface area contributed by atoms with Gasteiger partial charge in [-0.25, -0.2) is 17.9 Å². The van der Waals surface area contributed by atoms with Crippen LogP contribution in [0, 0.1) is 0 Å². The molecule has 3 aromatic rings. The summed E-state index contributed by atoms with van der Waals surface area (Å²) in [6, 6.07) is 10.1. The first-order valence-corrected chi connectivity index (χ1v) is 9.22. The van der Waals surface area contributed by atoms with Crippen LogP contribution in [0.2, 0.25) is 5.02 Å². The highest BCUT2D eigenvalue weighted by atomic mass is 35.5. The highest BCUT2D eigenvalue weighted by Crippen LogP contribution is 2.28. The Kier molecular flexibility index (Phi) is 5.23. The Morgan fingerprint density at radius 1 is 1.22 bits per heavy atom. The average Bonchev–Trinajstić information content (AvgIpc) is 3.15. The van der Waals surface area contributed by atoms with Crippen molar-refractivity contribution in [3.63, 3.8) is 0 Å². The second kappa shape index (κ2) is 7.60. The van der Waals surface area contributed by atoms with Gasteiger partial charge in [0, 0.05) is 5.69 Å². The molecule has 10 nitrogen and oxygen atoms in total. The summed E-state index contributed by atoms with van der Waals surface area (Å²) in [4.78, 5) is 10.4. The maximum absolute atomic E-state index is 12.5. The number of halogens is 1. The highest BCUT2D eigenvalue weighted by molar-refractivity contribution is 7.92. The van der Waals surface area contributed by atoms with Crippen LogP contribution in [-0.2, 0) is 14.8 Å². The first kappa shape index (κ1) is 18.6. The van der Waals surface area contributed by atoms with Crippen molar-refractivity contribution in [1.82, 2.24) is 20.2 Å². The van der Waals surface area contributed by atoms with Crippen molar-refractivity contribution in [1.29, 1.82) is 0 Å². The maximum atomic E-state index is 12.5. The Morgan fingerprint density at radius 2 is 1.96 bits per heavy atom. The number of hydrogen-bond acceptors (Lipinski definition) is 7. The molecule has 27 heavy (non-hydrogen) atoms. The molecule has 0 aliphatic heterocycles. The summed E-state index contributed by atoms with van der Waals surface area (Å²) in [7, 11) is -3.90. The monoisotopic (exact) mass is 409 g/mol. The quantitative estimate of drug-likeness (QED) is 0.600. The van der Waals surface area contributed by atoms with Crippen LogP contribution in [0.4, 0.5) is 5.69 Å². The molecule has 1 heterocycles. The summed E-state index contributed by atoms with van der Waals surface area (Å²) in [5, 5.41) is 19.4. The van der Waals surface area contributed by atoms with E-state index in [1.165, 1.54) is 29.2 Å². The largest absolute Gasteiger partial charge is 0.480 e. The zero-order chi connectivity index (χ0) is 19.4. The molecule has 2 N–H and O–H groups in total. The summed E-state index contributed by atoms with van der Waals surface area (Å²) in [5.41, 5.74) is 0.986. The first-order valence-electron chi connectivity index (χ1n) is 7.35. The van der Waals surface area contributed by atoms with E-state index in [1.807, 2.05) is 0 Å². The number of benzene rings is 2. The first-order chi connectivity index (χ1) is 12.8. The number of nitrogens with one attached hydrogen (secondary N) is 1. The molecule has 0 amide bonds. The van der Waals surface area contributed by atoms with Gasteiger partial charge in [-0.3, -0.25) is 4.72 Å². The van der Waals surface area contributed by atoms with Crippen LogP contribution in [0.3, 0.4) is 0 Å². The predicted molar refractivity (Wildman–Crippen MR) is 94.5 cm³/mol. The number of aliphatic carboxylic acids is 1. The normalized spacial score (nSPS) is 11.1. The molecule has 3 rings (SSSR count). The molecule has 0 aliphatic carbocycles. The highest BCUT2D eigenvalue weighted by Gasteiger charge is 2.17. The summed E-state index contributed by atoms with van der Waals surface area (Å²) in [6.07, 6.45) is 1.41. The van der Waals surface area contributed by atoms with Gasteiger partial charge in [-0.2, -0.15) is 0 Å². The molecule has 0 bridgehead atoms. The molecule has 1 aromatic heterocycles. The number of carbonyl (C=O) groups is 1. The van der Waals surface area contributed by atoms with Crippen LogP contribution in [0.25, 0.3) is 5.69 Å². The van der Waals surface area contributed by atoms with Crippen molar-refractivity contribution in [3.8, 4) is 11.4 Å². The van der Waals surface area contributed by atoms with Crippen LogP contribution in [-0.4, -0.2) is 46.3 Å². The number of aromatic nitrogens is 4. The fourth-order valence-corrected chi connectivity index (χ4v) is 3.47. The number of hydrogen-bond donors (Lipinski definition) is 2. The Bertz CT molecular complexity index is 1050. The van der Waals surface area contributed by atoms with E-state index in [0.29, 0.717) is 11.4 Å². The van der Waals surface area contributed by atoms with Gasteiger partial charge >= 0.3 is 5.97 Å². The summed E-state index contributed by atoms with van der Waals surface area (Å²) in [6.45, 7) is -0.586. The van der Waals surface area contributed by atoms with Gasteiger partial charge in [0.05, 0.1) is 15.6 Å². The SMILES string of the molecule is O=C(O)COc1ccc(S(=O)(=O)Nc2ccc(-n3cnnn3)cc2)cc1Cl. The third-order valence-electron chi connectivity index (χ3n) is 3.30. The van der Waals surface area contributed by atoms with E-state index in [0.717, 1.165) is 0 Å². The molecular formula is C15H12ClN5O5S. The van der Waals surface area contributed by atoms with Gasteiger partial charge in [-0.05, 0) is 52.9 Å². The predicted octanol–water partition coefficient (Wildman–Crippen LogP) is 1.58. The molecule has 12 heteroatoms. The van der Waals surface area contributed by atoms with Crippen LogP contribution in [0.1, 0.15) is 0 Å². The number of nitrogens with zero attached hydrogens (tertiary/aromatic N) is 4. The van der Waals surface area contributed by atoms with Crippen LogP contribution < -0.4 is 9.46 Å². The molecule has 0 atom stereocenters. The lowest BCUT2D eigenvalue weighted by atomic mass is 10.3. The molecule has 0 saturated carbocycles. The van der Waals surface area contributed by atoms with Crippen molar-refractivity contribution in [2.45, 2.75) is 4.90 Å². The molecule has 0 aliphatic rings. The average molecular weight is 410 g/mol. The van der Waals surface area contributed by atoms with Gasteiger partial charge in [0.2, 0.25) is 0 Å². The van der Waals surface area contributed by atoms with Crippen LogP contribution in [0.5, 0.6) is 5.75 Å². The Morgan fingerprint density at radius 3 is 2.56 bits per heavy atom. The summed E-state index contributed by atoms with van der Waals surface area (Å²) >= 11 is 5.97. The van der Waals surface area contributed by atoms with Crippen molar-refractivity contribution in [2.75, 3.05) is 11.3 Å². The Balaban J connectivity index is 1.76. The molecule has 0 saturated heterocycles. The smallest absolute Gasteiger partial charge is 0.341 e. The summed E-state index contributed by atoms with van der Waals surface area (Å²) < 4.78 is 33.8. The van der Waals surface area contributed by atoms with E-state index >= 15 is 0 Å². The standard InChI is InChI=1S/C15H12ClN5O5S/c16-13-7-12(5-6-14(13)26-8-15(22)23)27(24,25)18-10-1-3-11(4-2-10)21-9-17-19-20-21/h1-7,9,18H,8H2,(H,22,23). The van der Waals surface area contributed by atoms with Crippen molar-refractivity contribution >= 4 is 33.3 Å². The minimum atomic E-state index is -3.90. The van der Waals surface area contributed by atoms with Crippen molar-refractivity contribution in [3.05, 3.63) is 53.8 Å². The molecule has 140 valence electrons. The fourth-order valence-electron chi connectivity index (χ4n) is 2.08. The minimum absolute atomic E-state index is 0.0202. The van der Waals surface area contributed by atoms with E-state index < -0.39 is 22.6 Å². The van der Waals surface area contributed by atoms with Crippen molar-refractivity contribution in [2.24, 2.45) is 0 Å². The van der Waals surface area contributed by atoms with E-state index in [-0.39, 0.29) is 15.7 Å². The molecule has 0 unspecified atom stereocenters. The number of carboxylic acid groups (broad SMARTS) is 1. The molecular weight excluding hydrogens is 398 g/mol. The molecule has 0 spiro atoms. The molecule has 0 fully saturated rings. The Hall–Kier alpha value is -3.18. The number of tetrazole rings is 1. The summed E-state index contributed by atoms with van der Waals surface area (Å²) in [5.74, 6) is -1.10. The van der Waals surface area contributed by atoms with E-state index in [2.05, 4.69) is 20.2 Å². The molecule has 0 radical (unpaired) electrons. The van der Waals surface area contributed by atoms with E-state index in [1.54, 1.807) is 24.3 Å². The number of anilines is 1. The topological polar surface area (TPSA) is 136 Å². The number of carboxylic acids is 1. The second-order valence-electron chi connectivity index (χ2n) is 5.18. The maximum Gasteiger partial charge on any atom is 0.341 e. The third kappa shape index (κ3) is 4.51.